The van der Waals surface area contributed by atoms with Crippen molar-refractivity contribution in [2.45, 2.75) is 51.9 Å². The van der Waals surface area contributed by atoms with Crippen LogP contribution in [-0.4, -0.2) is 11.5 Å². The molecule has 5 heteroatoms. The van der Waals surface area contributed by atoms with E-state index in [-0.39, 0.29) is 6.61 Å². The summed E-state index contributed by atoms with van der Waals surface area (Å²) in [7, 11) is -3.98. The highest BCUT2D eigenvalue weighted by molar-refractivity contribution is 7.47. The number of benzene rings is 1. The third kappa shape index (κ3) is 11.6. The number of phosphoric ester groups is 1. The van der Waals surface area contributed by atoms with Gasteiger partial charge in [-0.25, -0.2) is 4.57 Å². The molecule has 0 aliphatic rings. The number of para-hydroxylation sites is 1. The number of hydrogen-bond donors (Lipinski definition) is 1. The monoisotopic (exact) mass is 328 g/mol. The van der Waals surface area contributed by atoms with Crippen LogP contribution in [0.5, 0.6) is 5.75 Å². The maximum Gasteiger partial charge on any atom is 0.527 e. The fourth-order valence-electron chi connectivity index (χ4n) is 1.88. The van der Waals surface area contributed by atoms with Gasteiger partial charge >= 0.3 is 7.82 Å². The van der Waals surface area contributed by atoms with Crippen LogP contribution in [0.15, 0.2) is 43.5 Å². The van der Waals surface area contributed by atoms with Crippen LogP contribution < -0.4 is 4.52 Å². The van der Waals surface area contributed by atoms with Crippen LogP contribution in [-0.2, 0) is 9.09 Å². The summed E-state index contributed by atoms with van der Waals surface area (Å²) in [6, 6.07) is 8.55. The van der Waals surface area contributed by atoms with Crippen molar-refractivity contribution in [3.05, 3.63) is 43.5 Å². The summed E-state index contributed by atoms with van der Waals surface area (Å²) in [6.45, 7) is 8.45. The van der Waals surface area contributed by atoms with E-state index in [1.54, 1.807) is 24.3 Å². The summed E-state index contributed by atoms with van der Waals surface area (Å²) >= 11 is 0. The molecule has 0 saturated heterocycles. The van der Waals surface area contributed by atoms with Crippen molar-refractivity contribution in [2.24, 2.45) is 0 Å². The van der Waals surface area contributed by atoms with Gasteiger partial charge in [0, 0.05) is 0 Å². The summed E-state index contributed by atoms with van der Waals surface area (Å²) in [5.41, 5.74) is 0. The minimum Gasteiger partial charge on any atom is -0.404 e. The van der Waals surface area contributed by atoms with Gasteiger partial charge in [0.15, 0.2) is 0 Å². The molecule has 1 aromatic carbocycles. The zero-order valence-electron chi connectivity index (χ0n) is 13.6. The largest absolute Gasteiger partial charge is 0.527 e. The average Bonchev–Trinajstić information content (AvgIpc) is 2.52. The van der Waals surface area contributed by atoms with Crippen LogP contribution in [0.2, 0.25) is 0 Å². The Bertz CT molecular complexity index is 408. The van der Waals surface area contributed by atoms with Gasteiger partial charge in [-0.1, -0.05) is 63.6 Å². The molecule has 4 nitrogen and oxygen atoms in total. The zero-order chi connectivity index (χ0) is 16.7. The van der Waals surface area contributed by atoms with Crippen LogP contribution in [0, 0.1) is 0 Å². The first-order chi connectivity index (χ1) is 10.6. The van der Waals surface area contributed by atoms with Crippen molar-refractivity contribution < 1.29 is 18.5 Å². The van der Waals surface area contributed by atoms with Gasteiger partial charge in [-0.3, -0.25) is 9.42 Å². The van der Waals surface area contributed by atoms with Gasteiger partial charge in [-0.05, 0) is 18.6 Å². The third-order valence-corrected chi connectivity index (χ3v) is 3.92. The van der Waals surface area contributed by atoms with Gasteiger partial charge in [0.05, 0.1) is 6.61 Å². The maximum atomic E-state index is 11.7. The topological polar surface area (TPSA) is 55.8 Å². The van der Waals surface area contributed by atoms with Crippen LogP contribution in [0.1, 0.15) is 51.9 Å². The lowest BCUT2D eigenvalue weighted by atomic mass is 10.1. The van der Waals surface area contributed by atoms with Crippen molar-refractivity contribution in [3.8, 4) is 5.75 Å². The molecule has 0 bridgehead atoms. The Morgan fingerprint density at radius 2 is 1.55 bits per heavy atom. The normalized spacial score (nSPS) is 12.8. The second-order valence-corrected chi connectivity index (χ2v) is 6.21. The first-order valence-electron chi connectivity index (χ1n) is 7.86. The Hall–Kier alpha value is -1.09. The second kappa shape index (κ2) is 13.6. The Balaban J connectivity index is 0.00000211. The van der Waals surface area contributed by atoms with Gasteiger partial charge in [0.25, 0.3) is 0 Å². The highest BCUT2D eigenvalue weighted by Gasteiger charge is 2.22. The highest BCUT2D eigenvalue weighted by Crippen LogP contribution is 2.43. The Kier molecular flexibility index (Phi) is 12.9. The van der Waals surface area contributed by atoms with Crippen molar-refractivity contribution in [1.82, 2.24) is 0 Å². The molecular formula is C17H29O4P. The molecule has 1 rings (SSSR count). The summed E-state index contributed by atoms with van der Waals surface area (Å²) in [5.74, 6) is 0.345. The lowest BCUT2D eigenvalue weighted by Crippen LogP contribution is -1.99. The predicted octanol–water partition coefficient (Wildman–Crippen LogP) is 5.74. The molecule has 0 fully saturated rings. The number of hydrogen-bond acceptors (Lipinski definition) is 3. The standard InChI is InChI=1S/C15H25O4P.C2H4/c1-2-3-4-5-6-7-11-14-18-20(16,17)19-15-12-9-8-10-13-15;1-2/h8-10,12-13H,2-7,11,14H2,1H3,(H,16,17);1-2H2. The van der Waals surface area contributed by atoms with Gasteiger partial charge in [-0.2, -0.15) is 0 Å². The number of rotatable bonds is 11. The molecule has 0 aliphatic heterocycles. The summed E-state index contributed by atoms with van der Waals surface area (Å²) < 4.78 is 21.6. The van der Waals surface area contributed by atoms with E-state index in [0.29, 0.717) is 5.75 Å². The lowest BCUT2D eigenvalue weighted by Gasteiger charge is -2.12. The van der Waals surface area contributed by atoms with Crippen molar-refractivity contribution in [2.75, 3.05) is 6.61 Å². The molecule has 1 atom stereocenters. The zero-order valence-corrected chi connectivity index (χ0v) is 14.5. The molecule has 1 aromatic rings. The van der Waals surface area contributed by atoms with E-state index in [1.807, 2.05) is 6.07 Å². The molecule has 1 unspecified atom stereocenters. The van der Waals surface area contributed by atoms with E-state index in [0.717, 1.165) is 19.3 Å². The second-order valence-electron chi connectivity index (χ2n) is 4.83. The fraction of sp³-hybridized carbons (Fsp3) is 0.529. The smallest absolute Gasteiger partial charge is 0.404 e. The van der Waals surface area contributed by atoms with Crippen LogP contribution in [0.25, 0.3) is 0 Å². The Morgan fingerprint density at radius 1 is 1.00 bits per heavy atom. The predicted molar refractivity (Wildman–Crippen MR) is 92.1 cm³/mol. The first kappa shape index (κ1) is 20.9. The van der Waals surface area contributed by atoms with E-state index in [4.69, 9.17) is 9.05 Å². The molecule has 0 amide bonds. The maximum absolute atomic E-state index is 11.7. The summed E-state index contributed by atoms with van der Waals surface area (Å²) in [5, 5.41) is 0. The van der Waals surface area contributed by atoms with E-state index in [1.165, 1.54) is 25.7 Å². The van der Waals surface area contributed by atoms with E-state index in [2.05, 4.69) is 20.1 Å². The molecule has 1 N–H and O–H groups in total. The molecular weight excluding hydrogens is 299 g/mol. The molecule has 0 spiro atoms. The van der Waals surface area contributed by atoms with Crippen LogP contribution >= 0.6 is 7.82 Å². The molecule has 0 heterocycles. The van der Waals surface area contributed by atoms with E-state index < -0.39 is 7.82 Å². The third-order valence-electron chi connectivity index (χ3n) is 2.97. The van der Waals surface area contributed by atoms with E-state index in [9.17, 15) is 9.46 Å². The van der Waals surface area contributed by atoms with Crippen molar-refractivity contribution in [1.29, 1.82) is 0 Å². The molecule has 22 heavy (non-hydrogen) atoms. The van der Waals surface area contributed by atoms with Crippen molar-refractivity contribution >= 4 is 7.82 Å². The molecule has 0 saturated carbocycles. The summed E-state index contributed by atoms with van der Waals surface area (Å²) in [6.07, 6.45) is 7.99. The van der Waals surface area contributed by atoms with Gasteiger partial charge in [-0.15, -0.1) is 13.2 Å². The Labute approximate surface area is 134 Å². The summed E-state index contributed by atoms with van der Waals surface area (Å²) in [4.78, 5) is 9.55. The average molecular weight is 328 g/mol. The van der Waals surface area contributed by atoms with E-state index >= 15 is 0 Å². The van der Waals surface area contributed by atoms with Gasteiger partial charge < -0.3 is 4.52 Å². The van der Waals surface area contributed by atoms with Gasteiger partial charge in [0.1, 0.15) is 5.75 Å². The Morgan fingerprint density at radius 3 is 2.14 bits per heavy atom. The molecule has 0 radical (unpaired) electrons. The minimum atomic E-state index is -3.98. The highest BCUT2D eigenvalue weighted by atomic mass is 31.2. The fourth-order valence-corrected chi connectivity index (χ4v) is 2.68. The first-order valence-corrected chi connectivity index (χ1v) is 9.35. The lowest BCUT2D eigenvalue weighted by molar-refractivity contribution is 0.199. The molecule has 0 aliphatic carbocycles. The molecule has 0 aromatic heterocycles. The number of phosphoric acid groups is 1. The number of unbranched alkanes of at least 4 members (excludes halogenated alkanes) is 6. The quantitative estimate of drug-likeness (QED) is 0.320. The molecule has 126 valence electrons. The van der Waals surface area contributed by atoms with Gasteiger partial charge in [0.2, 0.25) is 0 Å². The van der Waals surface area contributed by atoms with Crippen LogP contribution in [0.3, 0.4) is 0 Å². The van der Waals surface area contributed by atoms with Crippen molar-refractivity contribution in [3.63, 3.8) is 0 Å². The SMILES string of the molecule is C=C.CCCCCCCCCOP(=O)(O)Oc1ccccc1. The minimum absolute atomic E-state index is 0.258. The van der Waals surface area contributed by atoms with Crippen LogP contribution in [0.4, 0.5) is 0 Å².